The van der Waals surface area contributed by atoms with Crippen LogP contribution in [0.4, 0.5) is 0 Å². The molecule has 2 unspecified atom stereocenters. The Bertz CT molecular complexity index is 534. The maximum Gasteiger partial charge on any atom is 0.121 e. The maximum absolute atomic E-state index is 5.94. The predicted molar refractivity (Wildman–Crippen MR) is 76.5 cm³/mol. The van der Waals surface area contributed by atoms with Crippen molar-refractivity contribution in [3.05, 3.63) is 42.5 Å². The van der Waals surface area contributed by atoms with Gasteiger partial charge in [-0.3, -0.25) is 0 Å². The average molecular weight is 259 g/mol. The van der Waals surface area contributed by atoms with Gasteiger partial charge in [-0.25, -0.2) is 4.98 Å². The van der Waals surface area contributed by atoms with E-state index in [2.05, 4.69) is 18.8 Å². The molecule has 2 N–H and O–H groups in total. The molecule has 0 aliphatic carbocycles. The molecule has 0 fully saturated rings. The normalized spacial score (nSPS) is 14.1. The molecule has 1 aromatic carbocycles. The van der Waals surface area contributed by atoms with Gasteiger partial charge in [0.1, 0.15) is 5.75 Å². The average Bonchev–Trinajstić information content (AvgIpc) is 2.88. The standard InChI is InChI=1S/C15H21N3O/c1-4-11(2)19-14-7-5-6-13(8-14)18-10-17-9-15(18)12(3)16/h5-12H,4,16H2,1-3H3. The summed E-state index contributed by atoms with van der Waals surface area (Å²) in [6.07, 6.45) is 4.78. The number of imidazole rings is 1. The molecule has 0 aliphatic heterocycles. The van der Waals surface area contributed by atoms with Gasteiger partial charge < -0.3 is 15.0 Å². The summed E-state index contributed by atoms with van der Waals surface area (Å²) >= 11 is 0. The minimum Gasteiger partial charge on any atom is -0.491 e. The monoisotopic (exact) mass is 259 g/mol. The first-order valence-corrected chi connectivity index (χ1v) is 6.66. The second-order valence-electron chi connectivity index (χ2n) is 4.81. The first kappa shape index (κ1) is 13.6. The van der Waals surface area contributed by atoms with Crippen molar-refractivity contribution in [2.75, 3.05) is 0 Å². The molecule has 1 heterocycles. The molecular formula is C15H21N3O. The van der Waals surface area contributed by atoms with Crippen LogP contribution in [-0.2, 0) is 0 Å². The van der Waals surface area contributed by atoms with Crippen molar-refractivity contribution in [3.8, 4) is 11.4 Å². The van der Waals surface area contributed by atoms with E-state index in [1.165, 1.54) is 0 Å². The van der Waals surface area contributed by atoms with Gasteiger partial charge in [-0.1, -0.05) is 13.0 Å². The molecule has 0 saturated heterocycles. The zero-order valence-electron chi connectivity index (χ0n) is 11.7. The Kier molecular flexibility index (Phi) is 4.22. The van der Waals surface area contributed by atoms with Gasteiger partial charge in [0, 0.05) is 12.1 Å². The highest BCUT2D eigenvalue weighted by atomic mass is 16.5. The van der Waals surface area contributed by atoms with Crippen molar-refractivity contribution in [1.29, 1.82) is 0 Å². The summed E-state index contributed by atoms with van der Waals surface area (Å²) < 4.78 is 7.83. The van der Waals surface area contributed by atoms with Crippen molar-refractivity contribution < 1.29 is 4.74 Å². The zero-order chi connectivity index (χ0) is 13.8. The van der Waals surface area contributed by atoms with E-state index in [1.54, 1.807) is 12.5 Å². The second kappa shape index (κ2) is 5.89. The van der Waals surface area contributed by atoms with Crippen LogP contribution in [0.1, 0.15) is 38.9 Å². The second-order valence-corrected chi connectivity index (χ2v) is 4.81. The molecule has 19 heavy (non-hydrogen) atoms. The molecule has 1 aromatic heterocycles. The first-order chi connectivity index (χ1) is 9.11. The molecule has 2 atom stereocenters. The number of aromatic nitrogens is 2. The molecule has 0 spiro atoms. The van der Waals surface area contributed by atoms with E-state index in [0.717, 1.165) is 23.6 Å². The van der Waals surface area contributed by atoms with Gasteiger partial charge in [0.25, 0.3) is 0 Å². The minimum atomic E-state index is -0.0540. The van der Waals surface area contributed by atoms with Crippen LogP contribution in [0.5, 0.6) is 5.75 Å². The van der Waals surface area contributed by atoms with Crippen molar-refractivity contribution >= 4 is 0 Å². The molecular weight excluding hydrogens is 238 g/mol. The number of rotatable bonds is 5. The van der Waals surface area contributed by atoms with Crippen LogP contribution in [0.15, 0.2) is 36.8 Å². The van der Waals surface area contributed by atoms with E-state index in [4.69, 9.17) is 10.5 Å². The third-order valence-corrected chi connectivity index (χ3v) is 3.14. The van der Waals surface area contributed by atoms with Crippen molar-refractivity contribution in [2.45, 2.75) is 39.3 Å². The molecule has 2 aromatic rings. The summed E-state index contributed by atoms with van der Waals surface area (Å²) in [4.78, 5) is 4.17. The lowest BCUT2D eigenvalue weighted by atomic mass is 10.2. The molecule has 0 aliphatic rings. The number of nitrogens with zero attached hydrogens (tertiary/aromatic N) is 2. The number of benzene rings is 1. The molecule has 0 bridgehead atoms. The van der Waals surface area contributed by atoms with E-state index >= 15 is 0 Å². The SMILES string of the molecule is CCC(C)Oc1cccc(-n2cncc2C(C)N)c1. The fourth-order valence-electron chi connectivity index (χ4n) is 1.88. The van der Waals surface area contributed by atoms with E-state index in [1.807, 2.05) is 35.8 Å². The van der Waals surface area contributed by atoms with Crippen LogP contribution in [0, 0.1) is 0 Å². The van der Waals surface area contributed by atoms with Gasteiger partial charge in [0.05, 0.1) is 30.0 Å². The van der Waals surface area contributed by atoms with Gasteiger partial charge in [-0.15, -0.1) is 0 Å². The van der Waals surface area contributed by atoms with Gasteiger partial charge >= 0.3 is 0 Å². The van der Waals surface area contributed by atoms with E-state index in [9.17, 15) is 0 Å². The maximum atomic E-state index is 5.94. The fraction of sp³-hybridized carbons (Fsp3) is 0.400. The highest BCUT2D eigenvalue weighted by molar-refractivity contribution is 5.40. The molecule has 0 saturated carbocycles. The predicted octanol–water partition coefficient (Wildman–Crippen LogP) is 3.07. The van der Waals surface area contributed by atoms with Crippen molar-refractivity contribution in [2.24, 2.45) is 5.73 Å². The lowest BCUT2D eigenvalue weighted by Gasteiger charge is -2.15. The molecule has 0 amide bonds. The molecule has 2 rings (SSSR count). The van der Waals surface area contributed by atoms with Crippen LogP contribution < -0.4 is 10.5 Å². The summed E-state index contributed by atoms with van der Waals surface area (Å²) in [5.41, 5.74) is 7.95. The Morgan fingerprint density at radius 3 is 2.84 bits per heavy atom. The van der Waals surface area contributed by atoms with Crippen LogP contribution in [0.25, 0.3) is 5.69 Å². The van der Waals surface area contributed by atoms with Gasteiger partial charge in [0.2, 0.25) is 0 Å². The van der Waals surface area contributed by atoms with Crippen LogP contribution in [0.2, 0.25) is 0 Å². The van der Waals surface area contributed by atoms with Crippen LogP contribution >= 0.6 is 0 Å². The summed E-state index contributed by atoms with van der Waals surface area (Å²) in [5.74, 6) is 0.871. The lowest BCUT2D eigenvalue weighted by Crippen LogP contribution is -2.12. The number of ether oxygens (including phenoxy) is 1. The van der Waals surface area contributed by atoms with Crippen molar-refractivity contribution in [1.82, 2.24) is 9.55 Å². The topological polar surface area (TPSA) is 53.1 Å². The highest BCUT2D eigenvalue weighted by Crippen LogP contribution is 2.21. The Hall–Kier alpha value is -1.81. The van der Waals surface area contributed by atoms with Gasteiger partial charge in [-0.2, -0.15) is 0 Å². The summed E-state index contributed by atoms with van der Waals surface area (Å²) in [6, 6.07) is 7.94. The van der Waals surface area contributed by atoms with Crippen LogP contribution in [-0.4, -0.2) is 15.7 Å². The summed E-state index contributed by atoms with van der Waals surface area (Å²) in [5, 5.41) is 0. The summed E-state index contributed by atoms with van der Waals surface area (Å²) in [7, 11) is 0. The minimum absolute atomic E-state index is 0.0540. The van der Waals surface area contributed by atoms with Crippen molar-refractivity contribution in [3.63, 3.8) is 0 Å². The van der Waals surface area contributed by atoms with Gasteiger partial charge in [0.15, 0.2) is 0 Å². The zero-order valence-corrected chi connectivity index (χ0v) is 11.7. The molecule has 4 heteroatoms. The quantitative estimate of drug-likeness (QED) is 0.897. The highest BCUT2D eigenvalue weighted by Gasteiger charge is 2.09. The molecule has 4 nitrogen and oxygen atoms in total. The van der Waals surface area contributed by atoms with E-state index in [-0.39, 0.29) is 12.1 Å². The Morgan fingerprint density at radius 2 is 2.16 bits per heavy atom. The Labute approximate surface area is 114 Å². The smallest absolute Gasteiger partial charge is 0.121 e. The first-order valence-electron chi connectivity index (χ1n) is 6.66. The number of hydrogen-bond acceptors (Lipinski definition) is 3. The Balaban J connectivity index is 2.30. The third-order valence-electron chi connectivity index (χ3n) is 3.14. The summed E-state index contributed by atoms with van der Waals surface area (Å²) in [6.45, 7) is 6.13. The molecule has 102 valence electrons. The number of hydrogen-bond donors (Lipinski definition) is 1. The van der Waals surface area contributed by atoms with E-state index < -0.39 is 0 Å². The molecule has 0 radical (unpaired) electrons. The number of nitrogens with two attached hydrogens (primary N) is 1. The fourth-order valence-corrected chi connectivity index (χ4v) is 1.88. The largest absolute Gasteiger partial charge is 0.491 e. The van der Waals surface area contributed by atoms with E-state index in [0.29, 0.717) is 0 Å². The lowest BCUT2D eigenvalue weighted by molar-refractivity contribution is 0.217. The third kappa shape index (κ3) is 3.15. The van der Waals surface area contributed by atoms with Crippen LogP contribution in [0.3, 0.4) is 0 Å². The Morgan fingerprint density at radius 1 is 1.37 bits per heavy atom. The van der Waals surface area contributed by atoms with Gasteiger partial charge in [-0.05, 0) is 32.4 Å².